The van der Waals surface area contributed by atoms with Crippen LogP contribution in [0, 0.1) is 0 Å². The quantitative estimate of drug-likeness (QED) is 0.230. The summed E-state index contributed by atoms with van der Waals surface area (Å²) in [4.78, 5) is 33.2. The molecule has 0 saturated heterocycles. The molecule has 22 heavy (non-hydrogen) atoms. The van der Waals surface area contributed by atoms with Crippen LogP contribution in [0.4, 0.5) is 0 Å². The highest BCUT2D eigenvalue weighted by Crippen LogP contribution is 1.98. The summed E-state index contributed by atoms with van der Waals surface area (Å²) in [6, 6.07) is -1.92. The molecule has 2 unspecified atom stereocenters. The molecular formula is C12H25N3O5S2. The summed E-state index contributed by atoms with van der Waals surface area (Å²) in [5.41, 5.74) is 10.2. The number of carbonyl (C=O) groups excluding carboxylic acids is 2. The molecule has 0 fully saturated rings. The lowest BCUT2D eigenvalue weighted by Gasteiger charge is -2.15. The molecule has 2 atom stereocenters. The van der Waals surface area contributed by atoms with E-state index in [1.54, 1.807) is 6.92 Å². The van der Waals surface area contributed by atoms with E-state index in [1.165, 1.54) is 0 Å². The zero-order chi connectivity index (χ0) is 17.5. The molecule has 0 rings (SSSR count). The largest absolute Gasteiger partial charge is 0.480 e. The van der Waals surface area contributed by atoms with Crippen molar-refractivity contribution in [3.05, 3.63) is 0 Å². The Kier molecular flexibility index (Phi) is 15.8. The third-order valence-electron chi connectivity index (χ3n) is 2.22. The fourth-order valence-corrected chi connectivity index (χ4v) is 1.34. The molecule has 0 spiro atoms. The maximum atomic E-state index is 11.4. The number of hydrogen-bond acceptors (Lipinski definition) is 8. The second-order valence-corrected chi connectivity index (χ2v) is 4.86. The van der Waals surface area contributed by atoms with Crippen LogP contribution in [0.2, 0.25) is 0 Å². The number of carbonyl (C=O) groups is 3. The minimum atomic E-state index is -1.17. The number of esters is 1. The predicted octanol–water partition coefficient (Wildman–Crippen LogP) is -0.969. The van der Waals surface area contributed by atoms with Crippen LogP contribution in [-0.4, -0.2) is 59.7 Å². The van der Waals surface area contributed by atoms with Crippen LogP contribution in [0.15, 0.2) is 0 Å². The lowest BCUT2D eigenvalue weighted by atomic mass is 10.1. The first kappa shape index (κ1) is 23.3. The molecule has 0 aromatic rings. The van der Waals surface area contributed by atoms with Crippen molar-refractivity contribution < 1.29 is 24.2 Å². The summed E-state index contributed by atoms with van der Waals surface area (Å²) < 4.78 is 4.74. The molecule has 0 aromatic carbocycles. The number of rotatable bonds is 9. The van der Waals surface area contributed by atoms with E-state index in [2.05, 4.69) is 30.6 Å². The van der Waals surface area contributed by atoms with Crippen molar-refractivity contribution in [2.24, 2.45) is 11.5 Å². The van der Waals surface area contributed by atoms with Gasteiger partial charge in [0, 0.05) is 24.5 Å². The Morgan fingerprint density at radius 1 is 1.32 bits per heavy atom. The number of amides is 1. The van der Waals surface area contributed by atoms with Gasteiger partial charge in [-0.05, 0) is 13.3 Å². The molecule has 0 aromatic heterocycles. The molecule has 0 bridgehead atoms. The van der Waals surface area contributed by atoms with Crippen LogP contribution in [0.5, 0.6) is 0 Å². The lowest BCUT2D eigenvalue weighted by Crippen LogP contribution is -2.43. The van der Waals surface area contributed by atoms with Crippen molar-refractivity contribution in [3.63, 3.8) is 0 Å². The topological polar surface area (TPSA) is 145 Å². The van der Waals surface area contributed by atoms with E-state index in [1.807, 2.05) is 0 Å². The van der Waals surface area contributed by atoms with Crippen molar-refractivity contribution in [1.82, 2.24) is 5.32 Å². The molecule has 0 aliphatic heterocycles. The van der Waals surface area contributed by atoms with E-state index in [0.29, 0.717) is 6.54 Å². The molecule has 6 N–H and O–H groups in total. The summed E-state index contributed by atoms with van der Waals surface area (Å²) in [7, 11) is 0. The van der Waals surface area contributed by atoms with Crippen molar-refractivity contribution in [1.29, 1.82) is 0 Å². The molecule has 0 aliphatic rings. The fourth-order valence-electron chi connectivity index (χ4n) is 1.10. The first-order chi connectivity index (χ1) is 10.3. The zero-order valence-corrected chi connectivity index (χ0v) is 14.3. The molecular weight excluding hydrogens is 330 g/mol. The van der Waals surface area contributed by atoms with Gasteiger partial charge in [-0.3, -0.25) is 9.59 Å². The summed E-state index contributed by atoms with van der Waals surface area (Å²) in [6.45, 7) is 2.55. The summed E-state index contributed by atoms with van der Waals surface area (Å²) >= 11 is 7.72. The first-order valence-corrected chi connectivity index (χ1v) is 7.96. The standard InChI is InChI=1S/C10H18N2O5S.C2H7NS/c1-2-17-10(16)7(5-18)12-8(13)4-3-6(11)9(14)15;3-1-2-4/h6-7,18H,2-5,11H2,1H3,(H,12,13)(H,14,15);4H,1-3H2. The van der Waals surface area contributed by atoms with Crippen LogP contribution in [0.3, 0.4) is 0 Å². The highest BCUT2D eigenvalue weighted by atomic mass is 32.1. The van der Waals surface area contributed by atoms with Gasteiger partial charge in [0.25, 0.3) is 0 Å². The molecule has 8 nitrogen and oxygen atoms in total. The van der Waals surface area contributed by atoms with Crippen LogP contribution in [0.1, 0.15) is 19.8 Å². The maximum Gasteiger partial charge on any atom is 0.329 e. The highest BCUT2D eigenvalue weighted by Gasteiger charge is 2.21. The SMILES string of the molecule is CCOC(=O)C(CS)NC(=O)CCC(N)C(=O)O.NCCS. The summed E-state index contributed by atoms with van der Waals surface area (Å²) in [5, 5.41) is 10.9. The minimum Gasteiger partial charge on any atom is -0.480 e. The number of thiol groups is 2. The average molecular weight is 355 g/mol. The number of nitrogens with one attached hydrogen (secondary N) is 1. The Labute approximate surface area is 141 Å². The van der Waals surface area contributed by atoms with Gasteiger partial charge < -0.3 is 26.6 Å². The Bertz CT molecular complexity index is 343. The molecule has 1 amide bonds. The van der Waals surface area contributed by atoms with E-state index in [9.17, 15) is 14.4 Å². The van der Waals surface area contributed by atoms with Crippen molar-refractivity contribution in [2.75, 3.05) is 24.7 Å². The zero-order valence-electron chi connectivity index (χ0n) is 12.5. The van der Waals surface area contributed by atoms with Crippen LogP contribution in [0.25, 0.3) is 0 Å². The van der Waals surface area contributed by atoms with E-state index in [-0.39, 0.29) is 25.2 Å². The summed E-state index contributed by atoms with van der Waals surface area (Å²) in [5.74, 6) is -1.30. The van der Waals surface area contributed by atoms with Crippen molar-refractivity contribution in [2.45, 2.75) is 31.8 Å². The van der Waals surface area contributed by atoms with Gasteiger partial charge in [0.1, 0.15) is 12.1 Å². The molecule has 0 aliphatic carbocycles. The Morgan fingerprint density at radius 2 is 1.86 bits per heavy atom. The first-order valence-electron chi connectivity index (χ1n) is 6.70. The van der Waals surface area contributed by atoms with E-state index in [0.717, 1.165) is 5.75 Å². The molecule has 10 heteroatoms. The van der Waals surface area contributed by atoms with Gasteiger partial charge in [-0.25, -0.2) is 4.79 Å². The third kappa shape index (κ3) is 12.7. The van der Waals surface area contributed by atoms with Gasteiger partial charge in [-0.2, -0.15) is 25.3 Å². The van der Waals surface area contributed by atoms with E-state index in [4.69, 9.17) is 21.3 Å². The van der Waals surface area contributed by atoms with Gasteiger partial charge in [-0.15, -0.1) is 0 Å². The fraction of sp³-hybridized carbons (Fsp3) is 0.750. The van der Waals surface area contributed by atoms with Crippen LogP contribution in [-0.2, 0) is 19.1 Å². The monoisotopic (exact) mass is 355 g/mol. The molecule has 0 saturated carbocycles. The molecule has 0 radical (unpaired) electrons. The number of hydrogen-bond donors (Lipinski definition) is 6. The van der Waals surface area contributed by atoms with Gasteiger partial charge in [0.15, 0.2) is 0 Å². The number of carboxylic acid groups (broad SMARTS) is 1. The molecule has 0 heterocycles. The van der Waals surface area contributed by atoms with Crippen molar-refractivity contribution >= 4 is 43.1 Å². The van der Waals surface area contributed by atoms with Crippen LogP contribution >= 0.6 is 25.3 Å². The van der Waals surface area contributed by atoms with Crippen molar-refractivity contribution in [3.8, 4) is 0 Å². The molecule has 130 valence electrons. The van der Waals surface area contributed by atoms with Gasteiger partial charge >= 0.3 is 11.9 Å². The van der Waals surface area contributed by atoms with Gasteiger partial charge in [0.05, 0.1) is 6.61 Å². The van der Waals surface area contributed by atoms with E-state index >= 15 is 0 Å². The van der Waals surface area contributed by atoms with Gasteiger partial charge in [0.2, 0.25) is 5.91 Å². The smallest absolute Gasteiger partial charge is 0.329 e. The lowest BCUT2D eigenvalue weighted by molar-refractivity contribution is -0.146. The number of nitrogens with two attached hydrogens (primary N) is 2. The predicted molar refractivity (Wildman–Crippen MR) is 90.2 cm³/mol. The Balaban J connectivity index is 0. The number of aliphatic carboxylic acids is 1. The second kappa shape index (κ2) is 14.9. The number of ether oxygens (including phenoxy) is 1. The Hall–Kier alpha value is -0.970. The highest BCUT2D eigenvalue weighted by molar-refractivity contribution is 7.80. The summed E-state index contributed by atoms with van der Waals surface area (Å²) in [6.07, 6.45) is -0.0690. The minimum absolute atomic E-state index is 0.00326. The third-order valence-corrected chi connectivity index (χ3v) is 2.84. The maximum absolute atomic E-state index is 11.4. The second-order valence-electron chi connectivity index (χ2n) is 4.05. The normalized spacial score (nSPS) is 12.4. The number of carboxylic acids is 1. The Morgan fingerprint density at radius 3 is 2.23 bits per heavy atom. The average Bonchev–Trinajstić information content (AvgIpc) is 2.50. The van der Waals surface area contributed by atoms with Gasteiger partial charge in [-0.1, -0.05) is 0 Å². The van der Waals surface area contributed by atoms with E-state index < -0.39 is 29.9 Å². The van der Waals surface area contributed by atoms with Crippen LogP contribution < -0.4 is 16.8 Å².